The van der Waals surface area contributed by atoms with Crippen molar-refractivity contribution in [2.24, 2.45) is 5.73 Å². The lowest BCUT2D eigenvalue weighted by molar-refractivity contribution is 0.00819. The molecule has 0 saturated heterocycles. The molecule has 10 heteroatoms. The zero-order chi connectivity index (χ0) is 34.5. The lowest BCUT2D eigenvalue weighted by atomic mass is 9.94. The van der Waals surface area contributed by atoms with Crippen molar-refractivity contribution in [1.29, 1.82) is 0 Å². The number of aliphatic hydroxyl groups excluding tert-OH is 1. The Hall–Kier alpha value is -2.81. The normalized spacial score (nSPS) is 12.4. The van der Waals surface area contributed by atoms with Crippen LogP contribution in [0.25, 0.3) is 5.70 Å². The standard InChI is InChI=1S/C25H36F2N4.3C2H6.CHF3.CH4O/c1-6-23(28)24(12-16(2)26)30-15-20-13-21(27)14-22(18(4)29-5)25(20)31-17(3)19-10-8-7-9-11-19;3*1-2;2-1(3)4;1-2/h10,13-14,17,23,29-31H,4,6-9,11,15,28H2,1-3,5H3;3*1-2H3;1H;2H,1H3. The van der Waals surface area contributed by atoms with Crippen LogP contribution in [0, 0.1) is 5.82 Å². The summed E-state index contributed by atoms with van der Waals surface area (Å²) in [6, 6.07) is 2.69. The van der Waals surface area contributed by atoms with Crippen molar-refractivity contribution in [3.05, 3.63) is 64.6 Å². The first-order valence-corrected chi connectivity index (χ1v) is 15.1. The number of allylic oxidation sites excluding steroid dienone is 1. The Morgan fingerprint density at radius 1 is 1.07 bits per heavy atom. The molecule has 0 spiro atoms. The van der Waals surface area contributed by atoms with Gasteiger partial charge in [-0.15, -0.1) is 0 Å². The van der Waals surface area contributed by atoms with E-state index in [1.165, 1.54) is 37.5 Å². The van der Waals surface area contributed by atoms with Crippen LogP contribution in [0.1, 0.15) is 106 Å². The molecule has 0 aromatic heterocycles. The molecule has 1 aromatic carbocycles. The second kappa shape index (κ2) is 30.6. The first kappa shape index (κ1) is 47.1. The van der Waals surface area contributed by atoms with Gasteiger partial charge in [-0.2, -0.15) is 13.2 Å². The largest absolute Gasteiger partial charge is 0.400 e. The number of alkyl halides is 3. The smallest absolute Gasteiger partial charge is 0.379 e. The number of nitrogens with one attached hydrogen (secondary N) is 3. The van der Waals surface area contributed by atoms with Crippen molar-refractivity contribution in [1.82, 2.24) is 10.6 Å². The molecule has 2 rings (SSSR count). The summed E-state index contributed by atoms with van der Waals surface area (Å²) < 4.78 is 57.0. The molecule has 0 aliphatic heterocycles. The van der Waals surface area contributed by atoms with Crippen molar-refractivity contribution >= 4 is 11.4 Å². The van der Waals surface area contributed by atoms with E-state index in [0.717, 1.165) is 25.6 Å². The number of hydrogen-bond donors (Lipinski definition) is 5. The average molecular weight is 623 g/mol. The number of hydrogen-bond acceptors (Lipinski definition) is 5. The van der Waals surface area contributed by atoms with Crippen molar-refractivity contribution in [2.45, 2.75) is 120 Å². The van der Waals surface area contributed by atoms with Gasteiger partial charge in [0.05, 0.1) is 11.7 Å². The highest BCUT2D eigenvalue weighted by Gasteiger charge is 2.19. The second-order valence-electron chi connectivity index (χ2n) is 8.29. The number of rotatable bonds is 10. The van der Waals surface area contributed by atoms with Crippen molar-refractivity contribution in [3.63, 3.8) is 0 Å². The third-order valence-electron chi connectivity index (χ3n) is 5.64. The van der Waals surface area contributed by atoms with Gasteiger partial charge in [0.25, 0.3) is 0 Å². The van der Waals surface area contributed by atoms with Gasteiger partial charge in [0.1, 0.15) is 11.6 Å². The molecule has 1 aliphatic rings. The minimum atomic E-state index is -3.67. The maximum Gasteiger partial charge on any atom is 0.379 e. The van der Waals surface area contributed by atoms with Crippen molar-refractivity contribution in [3.8, 4) is 0 Å². The Morgan fingerprint density at radius 3 is 2.02 bits per heavy atom. The Labute approximate surface area is 258 Å². The molecule has 6 N–H and O–H groups in total. The molecule has 2 atom stereocenters. The molecule has 43 heavy (non-hydrogen) atoms. The molecule has 0 saturated carbocycles. The Balaban J connectivity index is -0.000000554. The lowest BCUT2D eigenvalue weighted by Gasteiger charge is -2.26. The summed E-state index contributed by atoms with van der Waals surface area (Å²) in [6.07, 6.45) is 7.48. The lowest BCUT2D eigenvalue weighted by Crippen LogP contribution is -2.31. The third kappa shape index (κ3) is 21.5. The van der Waals surface area contributed by atoms with E-state index in [1.807, 2.05) is 48.5 Å². The quantitative estimate of drug-likeness (QED) is 0.102. The van der Waals surface area contributed by atoms with Gasteiger partial charge in [-0.05, 0) is 63.6 Å². The molecule has 5 nitrogen and oxygen atoms in total. The van der Waals surface area contributed by atoms with Gasteiger partial charge in [0.2, 0.25) is 0 Å². The Morgan fingerprint density at radius 2 is 1.60 bits per heavy atom. The van der Waals surface area contributed by atoms with Gasteiger partial charge in [-0.1, -0.05) is 72.4 Å². The number of halogens is 5. The highest BCUT2D eigenvalue weighted by Crippen LogP contribution is 2.31. The fourth-order valence-corrected chi connectivity index (χ4v) is 3.76. The number of aliphatic hydroxyl groups is 1. The molecule has 0 amide bonds. The summed E-state index contributed by atoms with van der Waals surface area (Å²) in [7, 11) is 2.76. The summed E-state index contributed by atoms with van der Waals surface area (Å²) in [4.78, 5) is 0. The van der Waals surface area contributed by atoms with E-state index < -0.39 is 12.5 Å². The molecule has 0 heterocycles. The van der Waals surface area contributed by atoms with Crippen LogP contribution in [-0.4, -0.2) is 38.0 Å². The minimum Gasteiger partial charge on any atom is -0.400 e. The molecule has 2 unspecified atom stereocenters. The molecule has 0 bridgehead atoms. The number of nitrogens with two attached hydrogens (primary N) is 1. The SMILES string of the molecule is C=C(NC)c1cc(F)cc(CNC(=C=C(C)F)C(N)CC)c1NC(C)C1=CCCCC1.CC.CC.CC.CO.FC(F)F. The topological polar surface area (TPSA) is 82.3 Å². The maximum atomic E-state index is 14.5. The summed E-state index contributed by atoms with van der Waals surface area (Å²) >= 11 is 0. The summed E-state index contributed by atoms with van der Waals surface area (Å²) in [6.45, 7) is 18.0. The predicted molar refractivity (Wildman–Crippen MR) is 176 cm³/mol. The number of benzene rings is 1. The zero-order valence-corrected chi connectivity index (χ0v) is 28.3. The summed E-state index contributed by atoms with van der Waals surface area (Å²) in [5, 5.41) is 16.8. The van der Waals surface area contributed by atoms with Crippen LogP contribution in [0.3, 0.4) is 0 Å². The Kier molecular flexibility index (Phi) is 33.6. The van der Waals surface area contributed by atoms with Crippen molar-refractivity contribution < 1.29 is 27.1 Å². The van der Waals surface area contributed by atoms with E-state index in [1.54, 1.807) is 7.05 Å². The molecule has 0 radical (unpaired) electrons. The highest BCUT2D eigenvalue weighted by molar-refractivity contribution is 5.77. The van der Waals surface area contributed by atoms with Gasteiger partial charge in [0.15, 0.2) is 0 Å². The van der Waals surface area contributed by atoms with Crippen LogP contribution in [0.5, 0.6) is 0 Å². The van der Waals surface area contributed by atoms with Crippen LogP contribution in [-0.2, 0) is 6.54 Å². The molecule has 252 valence electrons. The van der Waals surface area contributed by atoms with Gasteiger partial charge < -0.3 is 26.8 Å². The van der Waals surface area contributed by atoms with Gasteiger partial charge >= 0.3 is 6.68 Å². The average Bonchev–Trinajstić information content (AvgIpc) is 3.03. The Bertz CT molecular complexity index is 939. The van der Waals surface area contributed by atoms with Crippen LogP contribution < -0.4 is 21.7 Å². The van der Waals surface area contributed by atoms with Crippen LogP contribution in [0.2, 0.25) is 0 Å². The van der Waals surface area contributed by atoms with Gasteiger partial charge in [-0.25, -0.2) is 8.78 Å². The van der Waals surface area contributed by atoms with E-state index in [4.69, 9.17) is 10.8 Å². The third-order valence-corrected chi connectivity index (χ3v) is 5.64. The first-order valence-electron chi connectivity index (χ1n) is 15.1. The molecule has 1 aliphatic carbocycles. The number of anilines is 1. The summed E-state index contributed by atoms with van der Waals surface area (Å²) in [5.41, 5.74) is 13.4. The zero-order valence-electron chi connectivity index (χ0n) is 28.3. The van der Waals surface area contributed by atoms with E-state index in [9.17, 15) is 22.0 Å². The molecular formula is C33H59F5N4O. The van der Waals surface area contributed by atoms with Crippen LogP contribution >= 0.6 is 0 Å². The monoisotopic (exact) mass is 622 g/mol. The van der Waals surface area contributed by atoms with Gasteiger partial charge in [-0.3, -0.25) is 0 Å². The summed E-state index contributed by atoms with van der Waals surface area (Å²) in [5.74, 6) is -0.813. The van der Waals surface area contributed by atoms with Crippen LogP contribution in [0.15, 0.2) is 47.6 Å². The molecule has 0 fully saturated rings. The van der Waals surface area contributed by atoms with Gasteiger partial charge in [0, 0.05) is 43.7 Å². The maximum absolute atomic E-state index is 14.5. The fraction of sp³-hybridized carbons (Fsp3) is 0.606. The second-order valence-corrected chi connectivity index (χ2v) is 8.29. The predicted octanol–water partition coefficient (Wildman–Crippen LogP) is 9.37. The van der Waals surface area contributed by atoms with Crippen LogP contribution in [0.4, 0.5) is 27.6 Å². The van der Waals surface area contributed by atoms with E-state index in [-0.39, 0.29) is 24.4 Å². The van der Waals surface area contributed by atoms with Crippen molar-refractivity contribution in [2.75, 3.05) is 19.5 Å². The highest BCUT2D eigenvalue weighted by atomic mass is 19.4. The van der Waals surface area contributed by atoms with E-state index in [0.29, 0.717) is 28.9 Å². The fourth-order valence-electron chi connectivity index (χ4n) is 3.76. The minimum absolute atomic E-state index is 0.105. The molecular weight excluding hydrogens is 563 g/mol. The first-order chi connectivity index (χ1) is 20.5. The van der Waals surface area contributed by atoms with E-state index in [2.05, 4.69) is 41.3 Å². The molecule has 1 aromatic rings. The van der Waals surface area contributed by atoms with E-state index >= 15 is 0 Å².